The van der Waals surface area contributed by atoms with E-state index in [1.807, 2.05) is 17.6 Å². The first-order valence-electron chi connectivity index (χ1n) is 8.17. The van der Waals surface area contributed by atoms with Gasteiger partial charge in [-0.05, 0) is 43.5 Å². The second-order valence-electron chi connectivity index (χ2n) is 6.26. The second kappa shape index (κ2) is 7.72. The average molecular weight is 345 g/mol. The Morgan fingerprint density at radius 2 is 2.33 bits per heavy atom. The molecular weight excluding hydrogens is 322 g/mol. The average Bonchev–Trinajstić information content (AvgIpc) is 3.24. The minimum Gasteiger partial charge on any atom is -0.370 e. The van der Waals surface area contributed by atoms with Crippen molar-refractivity contribution in [3.63, 3.8) is 0 Å². The van der Waals surface area contributed by atoms with Crippen LogP contribution in [-0.4, -0.2) is 54.0 Å². The molecule has 1 saturated heterocycles. The molecule has 0 spiro atoms. The summed E-state index contributed by atoms with van der Waals surface area (Å²) < 4.78 is 0. The summed E-state index contributed by atoms with van der Waals surface area (Å²) in [6.07, 6.45) is 4.65. The van der Waals surface area contributed by atoms with Crippen LogP contribution in [0.15, 0.2) is 29.9 Å². The fourth-order valence-corrected chi connectivity index (χ4v) is 3.52. The molecule has 1 amide bonds. The van der Waals surface area contributed by atoms with E-state index in [1.165, 1.54) is 16.9 Å². The molecule has 0 aromatic carbocycles. The quantitative estimate of drug-likeness (QED) is 0.870. The van der Waals surface area contributed by atoms with Crippen LogP contribution in [0.2, 0.25) is 0 Å². The van der Waals surface area contributed by atoms with Crippen molar-refractivity contribution in [2.45, 2.75) is 13.3 Å². The summed E-state index contributed by atoms with van der Waals surface area (Å²) in [5.74, 6) is 1.57. The smallest absolute Gasteiger partial charge is 0.242 e. The topological polar surface area (TPSA) is 61.4 Å². The van der Waals surface area contributed by atoms with Crippen molar-refractivity contribution in [3.8, 4) is 0 Å². The van der Waals surface area contributed by atoms with Crippen LogP contribution in [0.3, 0.4) is 0 Å². The molecule has 7 heteroatoms. The first-order chi connectivity index (χ1) is 11.6. The number of likely N-dealkylation sites (N-methyl/N-ethyl adjacent to an activating group) is 1. The van der Waals surface area contributed by atoms with Crippen molar-refractivity contribution >= 4 is 28.2 Å². The van der Waals surface area contributed by atoms with Crippen LogP contribution in [-0.2, 0) is 4.79 Å². The van der Waals surface area contributed by atoms with Gasteiger partial charge in [-0.25, -0.2) is 9.97 Å². The number of rotatable bonds is 6. The molecule has 0 saturated carbocycles. The van der Waals surface area contributed by atoms with E-state index in [-0.39, 0.29) is 5.91 Å². The summed E-state index contributed by atoms with van der Waals surface area (Å²) >= 11 is 1.48. The number of carbonyl (C=O) groups excluding carboxylic acids is 1. The molecule has 0 aliphatic carbocycles. The number of amides is 1. The fraction of sp³-hybridized carbons (Fsp3) is 0.471. The Hall–Kier alpha value is -1.99. The van der Waals surface area contributed by atoms with Crippen LogP contribution in [0.25, 0.3) is 0 Å². The lowest BCUT2D eigenvalue weighted by molar-refractivity contribution is -0.119. The van der Waals surface area contributed by atoms with Crippen molar-refractivity contribution in [3.05, 3.63) is 35.5 Å². The van der Waals surface area contributed by atoms with Gasteiger partial charge in [0.25, 0.3) is 0 Å². The van der Waals surface area contributed by atoms with Crippen LogP contribution in [0.5, 0.6) is 0 Å². The molecule has 1 fully saturated rings. The van der Waals surface area contributed by atoms with Crippen LogP contribution in [0, 0.1) is 12.8 Å². The van der Waals surface area contributed by atoms with Crippen LogP contribution >= 0.6 is 11.3 Å². The summed E-state index contributed by atoms with van der Waals surface area (Å²) in [4.78, 5) is 24.7. The van der Waals surface area contributed by atoms with Crippen LogP contribution in [0.1, 0.15) is 12.0 Å². The Morgan fingerprint density at radius 1 is 1.46 bits per heavy atom. The van der Waals surface area contributed by atoms with E-state index >= 15 is 0 Å². The summed E-state index contributed by atoms with van der Waals surface area (Å²) in [7, 11) is 1.79. The van der Waals surface area contributed by atoms with Crippen molar-refractivity contribution < 1.29 is 4.79 Å². The molecule has 6 nitrogen and oxygen atoms in total. The van der Waals surface area contributed by atoms with Gasteiger partial charge in [-0.2, -0.15) is 0 Å². The summed E-state index contributed by atoms with van der Waals surface area (Å²) in [6, 6.07) is 4.05. The molecule has 128 valence electrons. The van der Waals surface area contributed by atoms with E-state index in [1.54, 1.807) is 18.1 Å². The lowest BCUT2D eigenvalue weighted by Crippen LogP contribution is -2.37. The van der Waals surface area contributed by atoms with Crippen molar-refractivity contribution in [1.29, 1.82) is 0 Å². The second-order valence-corrected chi connectivity index (χ2v) is 7.13. The molecule has 2 aromatic heterocycles. The molecule has 1 atom stereocenters. The molecule has 0 radical (unpaired) electrons. The van der Waals surface area contributed by atoms with E-state index in [0.717, 1.165) is 37.0 Å². The van der Waals surface area contributed by atoms with Crippen molar-refractivity contribution in [2.75, 3.05) is 43.4 Å². The number of aromatic nitrogens is 2. The maximum absolute atomic E-state index is 12.3. The number of pyridine rings is 1. The van der Waals surface area contributed by atoms with Crippen LogP contribution < -0.4 is 10.2 Å². The van der Waals surface area contributed by atoms with Gasteiger partial charge in [0, 0.05) is 37.9 Å². The Labute approximate surface area is 146 Å². The number of hydrogen-bond donors (Lipinski definition) is 1. The number of nitrogens with one attached hydrogen (secondary N) is 1. The Kier molecular flexibility index (Phi) is 5.42. The lowest BCUT2D eigenvalue weighted by atomic mass is 10.1. The zero-order chi connectivity index (χ0) is 16.9. The van der Waals surface area contributed by atoms with Gasteiger partial charge in [0.05, 0.1) is 6.54 Å². The molecule has 1 aliphatic rings. The third-order valence-corrected chi connectivity index (χ3v) is 5.14. The SMILES string of the molecule is Cc1ccnc(NC[C@H]2CCN(CC(=O)N(C)c3nccs3)C2)c1. The molecule has 3 heterocycles. The number of carbonyl (C=O) groups is 1. The van der Waals surface area contributed by atoms with Crippen molar-refractivity contribution in [2.24, 2.45) is 5.92 Å². The predicted molar refractivity (Wildman–Crippen MR) is 97.5 cm³/mol. The molecule has 1 N–H and O–H groups in total. The lowest BCUT2D eigenvalue weighted by Gasteiger charge is -2.20. The number of likely N-dealkylation sites (tertiary alicyclic amines) is 1. The monoisotopic (exact) mass is 345 g/mol. The molecule has 1 aliphatic heterocycles. The highest BCUT2D eigenvalue weighted by molar-refractivity contribution is 7.13. The van der Waals surface area contributed by atoms with E-state index < -0.39 is 0 Å². The highest BCUT2D eigenvalue weighted by Gasteiger charge is 2.25. The van der Waals surface area contributed by atoms with Gasteiger partial charge in [0.15, 0.2) is 5.13 Å². The highest BCUT2D eigenvalue weighted by atomic mass is 32.1. The molecule has 2 aromatic rings. The zero-order valence-electron chi connectivity index (χ0n) is 14.1. The van der Waals surface area contributed by atoms with E-state index in [0.29, 0.717) is 12.5 Å². The summed E-state index contributed by atoms with van der Waals surface area (Å²) in [6.45, 7) is 5.31. The zero-order valence-corrected chi connectivity index (χ0v) is 14.9. The number of anilines is 2. The highest BCUT2D eigenvalue weighted by Crippen LogP contribution is 2.19. The molecular formula is C17H23N5OS. The van der Waals surface area contributed by atoms with Gasteiger partial charge in [0.1, 0.15) is 5.82 Å². The van der Waals surface area contributed by atoms with Crippen molar-refractivity contribution in [1.82, 2.24) is 14.9 Å². The predicted octanol–water partition coefficient (Wildman–Crippen LogP) is 2.24. The minimum absolute atomic E-state index is 0.0962. The van der Waals surface area contributed by atoms with Gasteiger partial charge in [-0.3, -0.25) is 14.6 Å². The Bertz CT molecular complexity index is 675. The van der Waals surface area contributed by atoms with Gasteiger partial charge in [-0.15, -0.1) is 11.3 Å². The number of thiazole rings is 1. The molecule has 24 heavy (non-hydrogen) atoms. The Balaban J connectivity index is 1.44. The van der Waals surface area contributed by atoms with E-state index in [9.17, 15) is 4.79 Å². The van der Waals surface area contributed by atoms with Gasteiger partial charge >= 0.3 is 0 Å². The fourth-order valence-electron chi connectivity index (χ4n) is 2.89. The maximum Gasteiger partial charge on any atom is 0.242 e. The summed E-state index contributed by atoms with van der Waals surface area (Å²) in [5, 5.41) is 6.04. The standard InChI is InChI=1S/C17H23N5OS/c1-13-3-5-18-15(9-13)20-10-14-4-7-22(11-14)12-16(23)21(2)17-19-6-8-24-17/h3,5-6,8-9,14H,4,7,10-12H2,1-2H3,(H,18,20)/t14-/m1/s1. The number of nitrogens with zero attached hydrogens (tertiary/aromatic N) is 4. The summed E-state index contributed by atoms with van der Waals surface area (Å²) in [5.41, 5.74) is 1.20. The largest absolute Gasteiger partial charge is 0.370 e. The molecule has 0 bridgehead atoms. The van der Waals surface area contributed by atoms with E-state index in [4.69, 9.17) is 0 Å². The maximum atomic E-state index is 12.3. The number of hydrogen-bond acceptors (Lipinski definition) is 6. The minimum atomic E-state index is 0.0962. The van der Waals surface area contributed by atoms with Gasteiger partial charge in [-0.1, -0.05) is 0 Å². The first kappa shape index (κ1) is 16.9. The normalized spacial score (nSPS) is 17.8. The van der Waals surface area contributed by atoms with Crippen LogP contribution in [0.4, 0.5) is 10.9 Å². The van der Waals surface area contributed by atoms with Gasteiger partial charge in [0.2, 0.25) is 5.91 Å². The third kappa shape index (κ3) is 4.30. The first-order valence-corrected chi connectivity index (χ1v) is 9.04. The third-order valence-electron chi connectivity index (χ3n) is 4.30. The van der Waals surface area contributed by atoms with E-state index in [2.05, 4.69) is 33.2 Å². The van der Waals surface area contributed by atoms with Gasteiger partial charge < -0.3 is 5.32 Å². The number of aryl methyl sites for hydroxylation is 1. The molecule has 0 unspecified atom stereocenters. The molecule has 3 rings (SSSR count). The Morgan fingerprint density at radius 3 is 3.08 bits per heavy atom.